The second-order valence-electron chi connectivity index (χ2n) is 2.83. The standard InChI is InChI=1S/C10H7BrClNS2/c11-7-2-1-3-8(4-7)14-6-9-5-13-10(12)15-9/h1-5H,6H2. The first-order valence-electron chi connectivity index (χ1n) is 4.22. The maximum absolute atomic E-state index is 5.76. The second kappa shape index (κ2) is 5.34. The van der Waals surface area contributed by atoms with E-state index in [0.717, 1.165) is 10.2 Å². The Morgan fingerprint density at radius 2 is 2.33 bits per heavy atom. The Bertz CT molecular complexity index is 458. The summed E-state index contributed by atoms with van der Waals surface area (Å²) in [5.74, 6) is 0.918. The minimum Gasteiger partial charge on any atom is -0.233 e. The molecule has 0 aliphatic carbocycles. The van der Waals surface area contributed by atoms with Crippen molar-refractivity contribution in [3.63, 3.8) is 0 Å². The van der Waals surface area contributed by atoms with Crippen LogP contribution in [0.3, 0.4) is 0 Å². The highest BCUT2D eigenvalue weighted by Crippen LogP contribution is 2.28. The third kappa shape index (κ3) is 3.48. The van der Waals surface area contributed by atoms with Crippen LogP contribution >= 0.6 is 50.6 Å². The van der Waals surface area contributed by atoms with E-state index in [1.165, 1.54) is 21.1 Å². The van der Waals surface area contributed by atoms with Crippen molar-refractivity contribution in [2.24, 2.45) is 0 Å². The van der Waals surface area contributed by atoms with Crippen LogP contribution in [0.25, 0.3) is 0 Å². The van der Waals surface area contributed by atoms with E-state index in [2.05, 4.69) is 33.0 Å². The first kappa shape index (κ1) is 11.5. The van der Waals surface area contributed by atoms with Crippen LogP contribution in [0.1, 0.15) is 4.88 Å². The van der Waals surface area contributed by atoms with Gasteiger partial charge >= 0.3 is 0 Å². The summed E-state index contributed by atoms with van der Waals surface area (Å²) in [5.41, 5.74) is 0. The van der Waals surface area contributed by atoms with Gasteiger partial charge in [-0.1, -0.05) is 33.6 Å². The number of benzene rings is 1. The largest absolute Gasteiger partial charge is 0.233 e. The van der Waals surface area contributed by atoms with Crippen LogP contribution in [0.15, 0.2) is 39.8 Å². The Labute approximate surface area is 110 Å². The molecule has 0 atom stereocenters. The summed E-state index contributed by atoms with van der Waals surface area (Å²) in [4.78, 5) is 6.45. The topological polar surface area (TPSA) is 12.9 Å². The third-order valence-corrected chi connectivity index (χ3v) is 4.54. The van der Waals surface area contributed by atoms with Crippen LogP contribution in [0, 0.1) is 0 Å². The van der Waals surface area contributed by atoms with Crippen LogP contribution in [0.2, 0.25) is 4.47 Å². The minimum atomic E-state index is 0.611. The van der Waals surface area contributed by atoms with Crippen molar-refractivity contribution < 1.29 is 0 Å². The molecule has 0 saturated carbocycles. The van der Waals surface area contributed by atoms with Gasteiger partial charge in [0.05, 0.1) is 0 Å². The predicted molar refractivity (Wildman–Crippen MR) is 70.8 cm³/mol. The van der Waals surface area contributed by atoms with Crippen LogP contribution < -0.4 is 0 Å². The zero-order chi connectivity index (χ0) is 10.7. The van der Waals surface area contributed by atoms with Crippen molar-refractivity contribution in [3.8, 4) is 0 Å². The quantitative estimate of drug-likeness (QED) is 0.750. The molecule has 5 heteroatoms. The fraction of sp³-hybridized carbons (Fsp3) is 0.100. The molecule has 1 aromatic heterocycles. The number of rotatable bonds is 3. The van der Waals surface area contributed by atoms with E-state index < -0.39 is 0 Å². The summed E-state index contributed by atoms with van der Waals surface area (Å²) in [7, 11) is 0. The van der Waals surface area contributed by atoms with Crippen molar-refractivity contribution >= 4 is 50.6 Å². The minimum absolute atomic E-state index is 0.611. The molecule has 1 nitrogen and oxygen atoms in total. The Balaban J connectivity index is 1.99. The molecule has 0 saturated heterocycles. The zero-order valence-electron chi connectivity index (χ0n) is 7.61. The lowest BCUT2D eigenvalue weighted by Gasteiger charge is -1.99. The summed E-state index contributed by atoms with van der Waals surface area (Å²) < 4.78 is 1.72. The van der Waals surface area contributed by atoms with Crippen LogP contribution in [-0.2, 0) is 5.75 Å². The average Bonchev–Trinajstić information content (AvgIpc) is 2.62. The molecular formula is C10H7BrClNS2. The second-order valence-corrected chi connectivity index (χ2v) is 6.49. The molecule has 0 fully saturated rings. The SMILES string of the molecule is Clc1ncc(CSc2cccc(Br)c2)s1. The van der Waals surface area contributed by atoms with Gasteiger partial charge in [-0.15, -0.1) is 23.1 Å². The lowest BCUT2D eigenvalue weighted by atomic mass is 10.4. The van der Waals surface area contributed by atoms with Crippen molar-refractivity contribution in [1.82, 2.24) is 4.98 Å². The van der Waals surface area contributed by atoms with Crippen molar-refractivity contribution in [1.29, 1.82) is 0 Å². The molecule has 0 amide bonds. The first-order chi connectivity index (χ1) is 7.24. The molecule has 2 aromatic rings. The maximum atomic E-state index is 5.76. The molecule has 15 heavy (non-hydrogen) atoms. The number of hydrogen-bond acceptors (Lipinski definition) is 3. The number of thiazole rings is 1. The smallest absolute Gasteiger partial charge is 0.183 e. The van der Waals surface area contributed by atoms with E-state index >= 15 is 0 Å². The monoisotopic (exact) mass is 319 g/mol. The Morgan fingerprint density at radius 3 is 3.00 bits per heavy atom. The lowest BCUT2D eigenvalue weighted by molar-refractivity contribution is 1.36. The van der Waals surface area contributed by atoms with E-state index in [-0.39, 0.29) is 0 Å². The molecule has 0 radical (unpaired) electrons. The van der Waals surface area contributed by atoms with Gasteiger partial charge in [0.15, 0.2) is 4.47 Å². The summed E-state index contributed by atoms with van der Waals surface area (Å²) in [6.07, 6.45) is 1.83. The maximum Gasteiger partial charge on any atom is 0.183 e. The highest BCUT2D eigenvalue weighted by atomic mass is 79.9. The van der Waals surface area contributed by atoms with Gasteiger partial charge in [0.2, 0.25) is 0 Å². The fourth-order valence-electron chi connectivity index (χ4n) is 1.06. The van der Waals surface area contributed by atoms with Gasteiger partial charge in [0, 0.05) is 26.2 Å². The number of hydrogen-bond donors (Lipinski definition) is 0. The van der Waals surface area contributed by atoms with Crippen molar-refractivity contribution in [3.05, 3.63) is 44.3 Å². The Kier molecular flexibility index (Phi) is 4.08. The molecule has 0 N–H and O–H groups in total. The van der Waals surface area contributed by atoms with E-state index in [4.69, 9.17) is 11.6 Å². The van der Waals surface area contributed by atoms with Crippen LogP contribution in [0.4, 0.5) is 0 Å². The highest BCUT2D eigenvalue weighted by Gasteiger charge is 2.01. The first-order valence-corrected chi connectivity index (χ1v) is 7.20. The molecule has 78 valence electrons. The van der Waals surface area contributed by atoms with Gasteiger partial charge in [0.25, 0.3) is 0 Å². The van der Waals surface area contributed by atoms with E-state index in [1.807, 2.05) is 18.3 Å². The average molecular weight is 321 g/mol. The number of thioether (sulfide) groups is 1. The number of aromatic nitrogens is 1. The van der Waals surface area contributed by atoms with Gasteiger partial charge in [-0.25, -0.2) is 4.98 Å². The van der Waals surface area contributed by atoms with Crippen LogP contribution in [-0.4, -0.2) is 4.98 Å². The molecule has 0 spiro atoms. The molecule has 0 aliphatic heterocycles. The highest BCUT2D eigenvalue weighted by molar-refractivity contribution is 9.10. The van der Waals surface area contributed by atoms with E-state index in [0.29, 0.717) is 4.47 Å². The molecule has 0 unspecified atom stereocenters. The Morgan fingerprint density at radius 1 is 1.47 bits per heavy atom. The normalized spacial score (nSPS) is 10.5. The van der Waals surface area contributed by atoms with Crippen molar-refractivity contribution in [2.75, 3.05) is 0 Å². The van der Waals surface area contributed by atoms with Gasteiger partial charge in [0.1, 0.15) is 0 Å². The number of nitrogens with zero attached hydrogens (tertiary/aromatic N) is 1. The Hall–Kier alpha value is -0.0300. The zero-order valence-corrected chi connectivity index (χ0v) is 11.6. The van der Waals surface area contributed by atoms with Crippen LogP contribution in [0.5, 0.6) is 0 Å². The molecule has 1 heterocycles. The van der Waals surface area contributed by atoms with Gasteiger partial charge in [-0.3, -0.25) is 0 Å². The summed E-state index contributed by atoms with van der Waals surface area (Å²) >= 11 is 12.5. The number of halogens is 2. The van der Waals surface area contributed by atoms with E-state index in [9.17, 15) is 0 Å². The van der Waals surface area contributed by atoms with Crippen molar-refractivity contribution in [2.45, 2.75) is 10.6 Å². The molecule has 0 aliphatic rings. The molecular weight excluding hydrogens is 314 g/mol. The third-order valence-electron chi connectivity index (χ3n) is 1.70. The van der Waals surface area contributed by atoms with Gasteiger partial charge in [-0.2, -0.15) is 0 Å². The summed E-state index contributed by atoms with van der Waals surface area (Å²) in [5, 5.41) is 0. The predicted octanol–water partition coefficient (Wildman–Crippen LogP) is 4.85. The summed E-state index contributed by atoms with van der Waals surface area (Å²) in [6.45, 7) is 0. The lowest BCUT2D eigenvalue weighted by Crippen LogP contribution is -1.74. The fourth-order valence-corrected chi connectivity index (χ4v) is 3.57. The van der Waals surface area contributed by atoms with Gasteiger partial charge < -0.3 is 0 Å². The molecule has 0 bridgehead atoms. The molecule has 1 aromatic carbocycles. The molecule has 2 rings (SSSR count). The summed E-state index contributed by atoms with van der Waals surface area (Å²) in [6, 6.07) is 8.26. The van der Waals surface area contributed by atoms with E-state index in [1.54, 1.807) is 11.8 Å². The van der Waals surface area contributed by atoms with Gasteiger partial charge in [-0.05, 0) is 18.2 Å².